The van der Waals surface area contributed by atoms with Crippen LogP contribution in [0.4, 0.5) is 5.82 Å². The molecule has 1 aliphatic rings. The summed E-state index contributed by atoms with van der Waals surface area (Å²) >= 11 is 0. The number of aromatic nitrogens is 4. The number of rotatable bonds is 5. The van der Waals surface area contributed by atoms with E-state index >= 15 is 0 Å². The van der Waals surface area contributed by atoms with Crippen LogP contribution in [0.15, 0.2) is 67.3 Å². The summed E-state index contributed by atoms with van der Waals surface area (Å²) in [4.78, 5) is 19.5. The molecule has 1 saturated heterocycles. The molecular weight excluding hydrogens is 390 g/mol. The van der Waals surface area contributed by atoms with E-state index in [2.05, 4.69) is 26.4 Å². The Kier molecular flexibility index (Phi) is 4.84. The van der Waals surface area contributed by atoms with Crippen molar-refractivity contribution in [3.63, 3.8) is 0 Å². The third-order valence-corrected chi connectivity index (χ3v) is 5.58. The summed E-state index contributed by atoms with van der Waals surface area (Å²) in [6, 6.07) is 15.5. The van der Waals surface area contributed by atoms with Crippen LogP contribution in [0.2, 0.25) is 0 Å². The smallest absolute Gasteiger partial charge is 0.272 e. The molecule has 1 fully saturated rings. The van der Waals surface area contributed by atoms with Gasteiger partial charge in [-0.15, -0.1) is 0 Å². The minimum Gasteiger partial charge on any atom is -0.353 e. The standard InChI is InChI=1S/C23H21N7O/c24-10-7-17-4-1-2-5-20(17)30-14-9-19(27-30)23(31)26-18-8-13-29(16-18)22-21-6-3-12-28(21)15-11-25-22/h1-6,9,11-12,14-15,18H,7-8,13,16H2,(H,26,31)/t18-/m0/s1. The van der Waals surface area contributed by atoms with Crippen LogP contribution in [0.25, 0.3) is 11.2 Å². The molecule has 31 heavy (non-hydrogen) atoms. The number of nitrogens with zero attached hydrogens (tertiary/aromatic N) is 6. The van der Waals surface area contributed by atoms with E-state index in [9.17, 15) is 4.79 Å². The van der Waals surface area contributed by atoms with Crippen molar-refractivity contribution in [3.8, 4) is 11.8 Å². The molecule has 8 nitrogen and oxygen atoms in total. The fourth-order valence-corrected chi connectivity index (χ4v) is 4.08. The summed E-state index contributed by atoms with van der Waals surface area (Å²) in [6.07, 6.45) is 8.62. The number of carbonyl (C=O) groups excluding carboxylic acids is 1. The third kappa shape index (κ3) is 3.62. The van der Waals surface area contributed by atoms with Gasteiger partial charge < -0.3 is 14.6 Å². The zero-order valence-electron chi connectivity index (χ0n) is 16.8. The quantitative estimate of drug-likeness (QED) is 0.545. The highest BCUT2D eigenvalue weighted by Gasteiger charge is 2.27. The van der Waals surface area contributed by atoms with Crippen LogP contribution in [0, 0.1) is 11.3 Å². The largest absolute Gasteiger partial charge is 0.353 e. The maximum absolute atomic E-state index is 12.8. The fraction of sp³-hybridized carbons (Fsp3) is 0.217. The number of anilines is 1. The second-order valence-electron chi connectivity index (χ2n) is 7.57. The molecule has 1 aromatic carbocycles. The van der Waals surface area contributed by atoms with Crippen molar-refractivity contribution in [2.24, 2.45) is 0 Å². The van der Waals surface area contributed by atoms with Gasteiger partial charge >= 0.3 is 0 Å². The Bertz CT molecular complexity index is 1280. The highest BCUT2D eigenvalue weighted by atomic mass is 16.2. The van der Waals surface area contributed by atoms with E-state index in [4.69, 9.17) is 5.26 Å². The van der Waals surface area contributed by atoms with E-state index in [0.717, 1.165) is 35.6 Å². The van der Waals surface area contributed by atoms with Crippen molar-refractivity contribution >= 4 is 17.2 Å². The molecule has 4 aromatic rings. The average Bonchev–Trinajstić information content (AvgIpc) is 3.54. The average molecular weight is 411 g/mol. The first-order valence-corrected chi connectivity index (χ1v) is 10.2. The van der Waals surface area contributed by atoms with Gasteiger partial charge in [-0.05, 0) is 36.2 Å². The molecule has 0 spiro atoms. The lowest BCUT2D eigenvalue weighted by Crippen LogP contribution is -2.37. The van der Waals surface area contributed by atoms with Gasteiger partial charge in [0.05, 0.1) is 23.7 Å². The van der Waals surface area contributed by atoms with Gasteiger partial charge in [0.15, 0.2) is 11.5 Å². The number of hydrogen-bond donors (Lipinski definition) is 1. The van der Waals surface area contributed by atoms with Gasteiger partial charge in [0.1, 0.15) is 0 Å². The van der Waals surface area contributed by atoms with Gasteiger partial charge in [-0.3, -0.25) is 4.79 Å². The molecule has 5 rings (SSSR count). The van der Waals surface area contributed by atoms with Crippen LogP contribution in [0.1, 0.15) is 22.5 Å². The van der Waals surface area contributed by atoms with Crippen LogP contribution in [0.3, 0.4) is 0 Å². The van der Waals surface area contributed by atoms with Crippen LogP contribution >= 0.6 is 0 Å². The maximum Gasteiger partial charge on any atom is 0.272 e. The SMILES string of the molecule is N#CCc1ccccc1-n1ccc(C(=O)N[C@H]2CCN(c3nccn4cccc34)C2)n1. The minimum atomic E-state index is -0.197. The molecule has 0 bridgehead atoms. The topological polar surface area (TPSA) is 91.2 Å². The molecule has 3 aromatic heterocycles. The maximum atomic E-state index is 12.8. The number of carbonyl (C=O) groups is 1. The fourth-order valence-electron chi connectivity index (χ4n) is 4.08. The molecular formula is C23H21N7O. The molecule has 8 heteroatoms. The predicted molar refractivity (Wildman–Crippen MR) is 116 cm³/mol. The number of fused-ring (bicyclic) bond motifs is 1. The Hall–Kier alpha value is -4.12. The molecule has 154 valence electrons. The summed E-state index contributed by atoms with van der Waals surface area (Å²) in [6.45, 7) is 1.54. The molecule has 1 N–H and O–H groups in total. The first-order valence-electron chi connectivity index (χ1n) is 10.2. The third-order valence-electron chi connectivity index (χ3n) is 5.58. The summed E-state index contributed by atoms with van der Waals surface area (Å²) < 4.78 is 3.70. The summed E-state index contributed by atoms with van der Waals surface area (Å²) in [7, 11) is 0. The van der Waals surface area contributed by atoms with Crippen molar-refractivity contribution in [2.75, 3.05) is 18.0 Å². The van der Waals surface area contributed by atoms with Crippen molar-refractivity contribution in [3.05, 3.63) is 78.5 Å². The van der Waals surface area contributed by atoms with Crippen molar-refractivity contribution in [2.45, 2.75) is 18.9 Å². The zero-order chi connectivity index (χ0) is 21.2. The lowest BCUT2D eigenvalue weighted by Gasteiger charge is -2.18. The van der Waals surface area contributed by atoms with E-state index in [0.29, 0.717) is 12.2 Å². The lowest BCUT2D eigenvalue weighted by molar-refractivity contribution is 0.0935. The molecule has 0 aliphatic carbocycles. The zero-order valence-corrected chi connectivity index (χ0v) is 16.8. The van der Waals surface area contributed by atoms with Gasteiger partial charge in [-0.1, -0.05) is 18.2 Å². The molecule has 4 heterocycles. The van der Waals surface area contributed by atoms with Gasteiger partial charge in [0.25, 0.3) is 5.91 Å². The molecule has 1 aliphatic heterocycles. The second-order valence-corrected chi connectivity index (χ2v) is 7.57. The number of amides is 1. The normalized spacial score (nSPS) is 15.8. The summed E-state index contributed by atoms with van der Waals surface area (Å²) in [5, 5.41) is 16.6. The molecule has 0 saturated carbocycles. The van der Waals surface area contributed by atoms with Gasteiger partial charge in [-0.2, -0.15) is 10.4 Å². The van der Waals surface area contributed by atoms with Crippen molar-refractivity contribution < 1.29 is 4.79 Å². The highest BCUT2D eigenvalue weighted by Crippen LogP contribution is 2.23. The summed E-state index contributed by atoms with van der Waals surface area (Å²) in [5.41, 5.74) is 3.10. The minimum absolute atomic E-state index is 0.0283. The van der Waals surface area contributed by atoms with Crippen LogP contribution < -0.4 is 10.2 Å². The van der Waals surface area contributed by atoms with E-state index in [1.807, 2.05) is 53.2 Å². The van der Waals surface area contributed by atoms with Crippen molar-refractivity contribution in [1.82, 2.24) is 24.5 Å². The Balaban J connectivity index is 1.28. The number of nitrogens with one attached hydrogen (secondary N) is 1. The first-order chi connectivity index (χ1) is 15.2. The van der Waals surface area contributed by atoms with E-state index in [1.165, 1.54) is 0 Å². The van der Waals surface area contributed by atoms with Gasteiger partial charge in [0.2, 0.25) is 0 Å². The Morgan fingerprint density at radius 1 is 1.16 bits per heavy atom. The monoisotopic (exact) mass is 411 g/mol. The van der Waals surface area contributed by atoms with E-state index in [1.54, 1.807) is 23.1 Å². The molecule has 1 atom stereocenters. The van der Waals surface area contributed by atoms with Gasteiger partial charge in [0, 0.05) is 43.9 Å². The number of benzene rings is 1. The second kappa shape index (κ2) is 7.95. The first kappa shape index (κ1) is 18.9. The van der Waals surface area contributed by atoms with Crippen molar-refractivity contribution in [1.29, 1.82) is 5.26 Å². The predicted octanol–water partition coefficient (Wildman–Crippen LogP) is 2.59. The van der Waals surface area contributed by atoms with E-state index < -0.39 is 0 Å². The number of hydrogen-bond acceptors (Lipinski definition) is 5. The lowest BCUT2D eigenvalue weighted by atomic mass is 10.1. The van der Waals surface area contributed by atoms with E-state index in [-0.39, 0.29) is 18.4 Å². The van der Waals surface area contributed by atoms with Crippen LogP contribution in [-0.4, -0.2) is 44.2 Å². The highest BCUT2D eigenvalue weighted by molar-refractivity contribution is 5.92. The van der Waals surface area contributed by atoms with Crippen LogP contribution in [0.5, 0.6) is 0 Å². The molecule has 1 amide bonds. The van der Waals surface area contributed by atoms with Gasteiger partial charge in [-0.25, -0.2) is 9.67 Å². The molecule has 0 unspecified atom stereocenters. The summed E-state index contributed by atoms with van der Waals surface area (Å²) in [5.74, 6) is 0.736. The Morgan fingerprint density at radius 3 is 2.97 bits per heavy atom. The molecule has 0 radical (unpaired) electrons. The Morgan fingerprint density at radius 2 is 2.06 bits per heavy atom. The van der Waals surface area contributed by atoms with Crippen LogP contribution in [-0.2, 0) is 6.42 Å². The Labute approximate surface area is 179 Å². The number of nitriles is 1. The number of para-hydroxylation sites is 1.